The first-order valence-electron chi connectivity index (χ1n) is 6.58. The van der Waals surface area contributed by atoms with Crippen LogP contribution in [0.2, 0.25) is 0 Å². The molecule has 1 heterocycles. The molecule has 0 aliphatic heterocycles. The van der Waals surface area contributed by atoms with E-state index in [0.717, 1.165) is 25.2 Å². The Hall–Kier alpha value is -1.61. The van der Waals surface area contributed by atoms with Gasteiger partial charge in [-0.05, 0) is 25.0 Å². The fourth-order valence-corrected chi connectivity index (χ4v) is 1.83. The molecular weight excluding hydrogens is 222 g/mol. The summed E-state index contributed by atoms with van der Waals surface area (Å²) in [6.45, 7) is 6.07. The molecule has 1 unspecified atom stereocenters. The highest BCUT2D eigenvalue weighted by Crippen LogP contribution is 2.09. The number of benzene rings is 1. The second-order valence-electron chi connectivity index (χ2n) is 4.63. The fourth-order valence-electron chi connectivity index (χ4n) is 1.83. The Morgan fingerprint density at radius 2 is 1.94 bits per heavy atom. The third-order valence-corrected chi connectivity index (χ3v) is 3.18. The van der Waals surface area contributed by atoms with Crippen LogP contribution in [0.1, 0.15) is 37.6 Å². The van der Waals surface area contributed by atoms with E-state index in [1.807, 2.05) is 10.7 Å². The summed E-state index contributed by atoms with van der Waals surface area (Å²) in [5.74, 6) is 0. The summed E-state index contributed by atoms with van der Waals surface area (Å²) in [4.78, 5) is 0. The van der Waals surface area contributed by atoms with Crippen molar-refractivity contribution in [3.8, 4) is 0 Å². The zero-order valence-corrected chi connectivity index (χ0v) is 11.1. The Balaban J connectivity index is 1.82. The van der Waals surface area contributed by atoms with Crippen molar-refractivity contribution in [2.24, 2.45) is 0 Å². The molecule has 1 atom stereocenters. The molecule has 18 heavy (non-hydrogen) atoms. The van der Waals surface area contributed by atoms with Gasteiger partial charge in [0.25, 0.3) is 0 Å². The minimum Gasteiger partial charge on any atom is -0.307 e. The smallest absolute Gasteiger partial charge is 0.0762 e. The highest BCUT2D eigenvalue weighted by Gasteiger charge is 2.03. The molecular formula is C15H21N3. The predicted octanol–water partition coefficient (Wildman–Crippen LogP) is 3.14. The van der Waals surface area contributed by atoms with Crippen molar-refractivity contribution in [1.82, 2.24) is 15.1 Å². The third kappa shape index (κ3) is 3.44. The van der Waals surface area contributed by atoms with Gasteiger partial charge in [0, 0.05) is 25.3 Å². The van der Waals surface area contributed by atoms with Crippen molar-refractivity contribution in [3.63, 3.8) is 0 Å². The lowest BCUT2D eigenvalue weighted by molar-refractivity contribution is 0.471. The maximum absolute atomic E-state index is 4.57. The van der Waals surface area contributed by atoms with Crippen LogP contribution in [0, 0.1) is 0 Å². The normalized spacial score (nSPS) is 12.6. The number of hydrogen-bond donors (Lipinski definition) is 1. The molecule has 0 aliphatic rings. The summed E-state index contributed by atoms with van der Waals surface area (Å²) in [5, 5.41) is 7.98. The van der Waals surface area contributed by atoms with Crippen molar-refractivity contribution in [2.45, 2.75) is 39.4 Å². The van der Waals surface area contributed by atoms with Gasteiger partial charge < -0.3 is 5.32 Å². The Bertz CT molecular complexity index is 462. The van der Waals surface area contributed by atoms with E-state index in [-0.39, 0.29) is 0 Å². The van der Waals surface area contributed by atoms with Gasteiger partial charge in [-0.25, -0.2) is 0 Å². The molecule has 96 valence electrons. The second kappa shape index (κ2) is 6.36. The SMILES string of the molecule is CCC(C)n1ccc(CNCc2ccccc2)n1. The minimum absolute atomic E-state index is 0.480. The van der Waals surface area contributed by atoms with Crippen LogP contribution < -0.4 is 5.32 Å². The molecule has 3 heteroatoms. The quantitative estimate of drug-likeness (QED) is 0.844. The Labute approximate surface area is 109 Å². The maximum atomic E-state index is 4.57. The summed E-state index contributed by atoms with van der Waals surface area (Å²) in [6, 6.07) is 13.0. The van der Waals surface area contributed by atoms with E-state index in [2.05, 4.69) is 60.8 Å². The Kier molecular flexibility index (Phi) is 4.53. The van der Waals surface area contributed by atoms with Gasteiger partial charge in [-0.3, -0.25) is 4.68 Å². The molecule has 0 fully saturated rings. The van der Waals surface area contributed by atoms with Crippen LogP contribution in [0.25, 0.3) is 0 Å². The summed E-state index contributed by atoms with van der Waals surface area (Å²) >= 11 is 0. The average Bonchev–Trinajstić information content (AvgIpc) is 2.88. The molecule has 2 rings (SSSR count). The standard InChI is InChI=1S/C15H21N3/c1-3-13(2)18-10-9-15(17-18)12-16-11-14-7-5-4-6-8-14/h4-10,13,16H,3,11-12H2,1-2H3. The van der Waals surface area contributed by atoms with E-state index in [0.29, 0.717) is 6.04 Å². The summed E-state index contributed by atoms with van der Waals surface area (Å²) in [5.41, 5.74) is 2.41. The van der Waals surface area contributed by atoms with E-state index in [1.165, 1.54) is 5.56 Å². The van der Waals surface area contributed by atoms with Gasteiger partial charge in [0.1, 0.15) is 0 Å². The van der Waals surface area contributed by atoms with Crippen LogP contribution in [0.4, 0.5) is 0 Å². The molecule has 1 aromatic carbocycles. The topological polar surface area (TPSA) is 29.9 Å². The molecule has 0 saturated carbocycles. The van der Waals surface area contributed by atoms with Gasteiger partial charge in [0.15, 0.2) is 0 Å². The van der Waals surface area contributed by atoms with Crippen molar-refractivity contribution in [3.05, 3.63) is 53.9 Å². The van der Waals surface area contributed by atoms with E-state index >= 15 is 0 Å². The minimum atomic E-state index is 0.480. The monoisotopic (exact) mass is 243 g/mol. The molecule has 3 nitrogen and oxygen atoms in total. The first-order chi connectivity index (χ1) is 8.79. The van der Waals surface area contributed by atoms with Crippen molar-refractivity contribution >= 4 is 0 Å². The summed E-state index contributed by atoms with van der Waals surface area (Å²) < 4.78 is 2.04. The van der Waals surface area contributed by atoms with E-state index < -0.39 is 0 Å². The Morgan fingerprint density at radius 1 is 1.17 bits per heavy atom. The van der Waals surface area contributed by atoms with Gasteiger partial charge in [-0.2, -0.15) is 5.10 Å². The van der Waals surface area contributed by atoms with E-state index in [4.69, 9.17) is 0 Å². The molecule has 0 saturated heterocycles. The van der Waals surface area contributed by atoms with Crippen molar-refractivity contribution < 1.29 is 0 Å². The lowest BCUT2D eigenvalue weighted by Crippen LogP contribution is -2.13. The first kappa shape index (κ1) is 12.8. The zero-order valence-electron chi connectivity index (χ0n) is 11.1. The molecule has 0 amide bonds. The summed E-state index contributed by atoms with van der Waals surface area (Å²) in [6.07, 6.45) is 3.17. The molecule has 0 bridgehead atoms. The molecule has 1 aromatic heterocycles. The van der Waals surface area contributed by atoms with E-state index in [1.54, 1.807) is 0 Å². The molecule has 0 spiro atoms. The van der Waals surface area contributed by atoms with Crippen molar-refractivity contribution in [1.29, 1.82) is 0 Å². The molecule has 2 aromatic rings. The lowest BCUT2D eigenvalue weighted by Gasteiger charge is -2.08. The maximum Gasteiger partial charge on any atom is 0.0762 e. The number of aromatic nitrogens is 2. The predicted molar refractivity (Wildman–Crippen MR) is 74.2 cm³/mol. The zero-order chi connectivity index (χ0) is 12.8. The highest BCUT2D eigenvalue weighted by atomic mass is 15.3. The third-order valence-electron chi connectivity index (χ3n) is 3.18. The first-order valence-corrected chi connectivity index (χ1v) is 6.58. The number of rotatable bonds is 6. The van der Waals surface area contributed by atoms with E-state index in [9.17, 15) is 0 Å². The molecule has 0 aliphatic carbocycles. The lowest BCUT2D eigenvalue weighted by atomic mass is 10.2. The number of hydrogen-bond acceptors (Lipinski definition) is 2. The van der Waals surface area contributed by atoms with Crippen LogP contribution >= 0.6 is 0 Å². The van der Waals surface area contributed by atoms with Gasteiger partial charge in [-0.1, -0.05) is 37.3 Å². The van der Waals surface area contributed by atoms with Gasteiger partial charge >= 0.3 is 0 Å². The fraction of sp³-hybridized carbons (Fsp3) is 0.400. The van der Waals surface area contributed by atoms with Crippen LogP contribution in [0.5, 0.6) is 0 Å². The van der Waals surface area contributed by atoms with Crippen LogP contribution in [-0.4, -0.2) is 9.78 Å². The van der Waals surface area contributed by atoms with Crippen LogP contribution in [0.15, 0.2) is 42.6 Å². The highest BCUT2D eigenvalue weighted by molar-refractivity contribution is 5.14. The van der Waals surface area contributed by atoms with Gasteiger partial charge in [0.05, 0.1) is 5.69 Å². The van der Waals surface area contributed by atoms with Crippen LogP contribution in [-0.2, 0) is 13.1 Å². The number of nitrogens with one attached hydrogen (secondary N) is 1. The Morgan fingerprint density at radius 3 is 2.67 bits per heavy atom. The largest absolute Gasteiger partial charge is 0.307 e. The second-order valence-corrected chi connectivity index (χ2v) is 4.63. The van der Waals surface area contributed by atoms with Gasteiger partial charge in [-0.15, -0.1) is 0 Å². The van der Waals surface area contributed by atoms with Gasteiger partial charge in [0.2, 0.25) is 0 Å². The summed E-state index contributed by atoms with van der Waals surface area (Å²) in [7, 11) is 0. The average molecular weight is 243 g/mol. The molecule has 0 radical (unpaired) electrons. The van der Waals surface area contributed by atoms with Crippen molar-refractivity contribution in [2.75, 3.05) is 0 Å². The van der Waals surface area contributed by atoms with Crippen LogP contribution in [0.3, 0.4) is 0 Å². The number of nitrogens with zero attached hydrogens (tertiary/aromatic N) is 2. The molecule has 1 N–H and O–H groups in total.